The van der Waals surface area contributed by atoms with Gasteiger partial charge in [-0.15, -0.1) is 0 Å². The monoisotopic (exact) mass is 326 g/mol. The minimum Gasteiger partial charge on any atom is -0.465 e. The van der Waals surface area contributed by atoms with Crippen LogP contribution in [0.25, 0.3) is 0 Å². The smallest absolute Gasteiger partial charge is 0.348 e. The molecule has 1 aromatic rings. The van der Waals surface area contributed by atoms with Crippen LogP contribution in [0, 0.1) is 5.92 Å². The fourth-order valence-electron chi connectivity index (χ4n) is 3.06. The molecule has 0 heterocycles. The number of carbonyl (C=O) groups is 2. The number of esters is 1. The molecule has 2 rings (SSSR count). The first-order valence-electron chi connectivity index (χ1n) is 6.92. The maximum Gasteiger partial charge on any atom is 0.348 e. The molecule has 0 spiro atoms. The van der Waals surface area contributed by atoms with Crippen LogP contribution in [0.2, 0.25) is 0 Å². The summed E-state index contributed by atoms with van der Waals surface area (Å²) in [4.78, 5) is 24.0. The van der Waals surface area contributed by atoms with E-state index in [-0.39, 0.29) is 6.61 Å². The summed E-state index contributed by atoms with van der Waals surface area (Å²) >= 11 is 0. The topological polar surface area (TPSA) is 78.9 Å². The summed E-state index contributed by atoms with van der Waals surface area (Å²) in [6.45, 7) is 1.76. The van der Waals surface area contributed by atoms with Gasteiger partial charge in [-0.1, -0.05) is 30.3 Å². The second-order valence-corrected chi connectivity index (χ2v) is 7.42. The van der Waals surface area contributed by atoms with Crippen LogP contribution in [0.4, 0.5) is 0 Å². The van der Waals surface area contributed by atoms with Gasteiger partial charge in [0, 0.05) is 20.1 Å². The summed E-state index contributed by atoms with van der Waals surface area (Å²) < 4.78 is 28.2. The number of aldehydes is 1. The fourth-order valence-corrected chi connectivity index (χ4v) is 5.25. The van der Waals surface area contributed by atoms with Crippen molar-refractivity contribution in [2.45, 2.75) is 18.0 Å². The van der Waals surface area contributed by atoms with Crippen LogP contribution >= 0.6 is 7.60 Å². The molecule has 0 N–H and O–H groups in total. The van der Waals surface area contributed by atoms with Crippen LogP contribution in [-0.4, -0.2) is 38.2 Å². The molecule has 0 saturated heterocycles. The van der Waals surface area contributed by atoms with Crippen molar-refractivity contribution in [2.24, 2.45) is 5.92 Å². The zero-order chi connectivity index (χ0) is 16.4. The molecule has 0 unspecified atom stereocenters. The van der Waals surface area contributed by atoms with Crippen LogP contribution in [0.5, 0.6) is 0 Å². The number of ether oxygens (including phenoxy) is 1. The molecule has 0 amide bonds. The minimum atomic E-state index is -3.86. The highest BCUT2D eigenvalue weighted by molar-refractivity contribution is 7.57. The Balaban J connectivity index is 2.57. The molecule has 1 saturated carbocycles. The van der Waals surface area contributed by atoms with Crippen molar-refractivity contribution in [2.75, 3.05) is 20.8 Å². The predicted molar refractivity (Wildman–Crippen MR) is 79.7 cm³/mol. The van der Waals surface area contributed by atoms with E-state index in [1.165, 1.54) is 14.2 Å². The highest BCUT2D eigenvalue weighted by atomic mass is 31.2. The molecule has 1 aliphatic rings. The Bertz CT molecular complexity index is 593. The summed E-state index contributed by atoms with van der Waals surface area (Å²) in [5, 5.41) is -1.62. The molecule has 1 aliphatic carbocycles. The highest BCUT2D eigenvalue weighted by Gasteiger charge is 2.81. The summed E-state index contributed by atoms with van der Waals surface area (Å²) in [6, 6.07) is 8.95. The van der Waals surface area contributed by atoms with Crippen LogP contribution < -0.4 is 0 Å². The van der Waals surface area contributed by atoms with Crippen LogP contribution in [0.3, 0.4) is 0 Å². The number of rotatable bonds is 7. The Morgan fingerprint density at radius 1 is 1.27 bits per heavy atom. The molecule has 6 nitrogen and oxygen atoms in total. The van der Waals surface area contributed by atoms with Crippen LogP contribution in [0.15, 0.2) is 30.3 Å². The lowest BCUT2D eigenvalue weighted by molar-refractivity contribution is -0.144. The first kappa shape index (κ1) is 16.9. The second-order valence-electron chi connectivity index (χ2n) is 4.96. The first-order chi connectivity index (χ1) is 10.5. The van der Waals surface area contributed by atoms with E-state index >= 15 is 0 Å². The Labute approximate surface area is 129 Å². The molecule has 0 aliphatic heterocycles. The largest absolute Gasteiger partial charge is 0.465 e. The average Bonchev–Trinajstić information content (AvgIpc) is 3.26. The Morgan fingerprint density at radius 2 is 1.86 bits per heavy atom. The molecule has 1 fully saturated rings. The van der Waals surface area contributed by atoms with Gasteiger partial charge in [0.15, 0.2) is 5.16 Å². The van der Waals surface area contributed by atoms with Crippen molar-refractivity contribution in [3.63, 3.8) is 0 Å². The van der Waals surface area contributed by atoms with Crippen molar-refractivity contribution < 1.29 is 27.9 Å². The van der Waals surface area contributed by atoms with Crippen molar-refractivity contribution in [3.8, 4) is 0 Å². The van der Waals surface area contributed by atoms with E-state index in [1.807, 2.05) is 6.07 Å². The molecule has 3 atom stereocenters. The van der Waals surface area contributed by atoms with Crippen molar-refractivity contribution in [1.29, 1.82) is 0 Å². The standard InChI is InChI=1S/C15H19O6P/c1-4-21-14(17)15(22(18,19-2)20-3)12(10-16)13(15)11-8-6-5-7-9-11/h5-10,12-13H,4H2,1-3H3/t12-,13-,15-/m1/s1. The van der Waals surface area contributed by atoms with Crippen LogP contribution in [-0.2, 0) is 27.9 Å². The lowest BCUT2D eigenvalue weighted by atomic mass is 10.1. The molecule has 0 radical (unpaired) electrons. The van der Waals surface area contributed by atoms with Gasteiger partial charge in [-0.25, -0.2) is 0 Å². The van der Waals surface area contributed by atoms with E-state index in [4.69, 9.17) is 13.8 Å². The lowest BCUT2D eigenvalue weighted by Gasteiger charge is -2.24. The molecule has 0 aromatic heterocycles. The molecule has 22 heavy (non-hydrogen) atoms. The fraction of sp³-hybridized carbons (Fsp3) is 0.467. The molecule has 7 heteroatoms. The number of hydrogen-bond acceptors (Lipinski definition) is 6. The Hall–Kier alpha value is -1.49. The van der Waals surface area contributed by atoms with E-state index < -0.39 is 30.6 Å². The zero-order valence-electron chi connectivity index (χ0n) is 12.7. The molecular weight excluding hydrogens is 307 g/mol. The normalized spacial score (nSPS) is 27.2. The van der Waals surface area contributed by atoms with Crippen molar-refractivity contribution >= 4 is 19.9 Å². The third kappa shape index (κ3) is 2.22. The average molecular weight is 326 g/mol. The van der Waals surface area contributed by atoms with E-state index in [9.17, 15) is 14.2 Å². The SMILES string of the molecule is CCOC(=O)[C@@]1(P(=O)(OC)OC)[C@H](C=O)[C@H]1c1ccccc1. The van der Waals surface area contributed by atoms with E-state index in [2.05, 4.69) is 0 Å². The summed E-state index contributed by atoms with van der Waals surface area (Å²) in [6.07, 6.45) is 0.624. The van der Waals surface area contributed by atoms with Gasteiger partial charge in [-0.2, -0.15) is 0 Å². The maximum absolute atomic E-state index is 13.0. The second kappa shape index (κ2) is 6.32. The van der Waals surface area contributed by atoms with Gasteiger partial charge in [0.05, 0.1) is 12.5 Å². The van der Waals surface area contributed by atoms with Gasteiger partial charge in [-0.05, 0) is 12.5 Å². The van der Waals surface area contributed by atoms with Gasteiger partial charge in [-0.3, -0.25) is 9.36 Å². The predicted octanol–water partition coefficient (Wildman–Crippen LogP) is 2.39. The van der Waals surface area contributed by atoms with Crippen molar-refractivity contribution in [1.82, 2.24) is 0 Å². The lowest BCUT2D eigenvalue weighted by Crippen LogP contribution is -2.31. The third-order valence-electron chi connectivity index (χ3n) is 4.07. The summed E-state index contributed by atoms with van der Waals surface area (Å²) in [7, 11) is -1.46. The quantitative estimate of drug-likeness (QED) is 0.435. The van der Waals surface area contributed by atoms with Gasteiger partial charge >= 0.3 is 13.6 Å². The van der Waals surface area contributed by atoms with Gasteiger partial charge in [0.1, 0.15) is 6.29 Å². The number of hydrogen-bond donors (Lipinski definition) is 0. The van der Waals surface area contributed by atoms with Gasteiger partial charge in [0.25, 0.3) is 0 Å². The molecular formula is C15H19O6P. The molecule has 120 valence electrons. The summed E-state index contributed by atoms with van der Waals surface area (Å²) in [5.41, 5.74) is 0.724. The third-order valence-corrected chi connectivity index (χ3v) is 6.70. The highest BCUT2D eigenvalue weighted by Crippen LogP contribution is 2.79. The minimum absolute atomic E-state index is 0.112. The maximum atomic E-state index is 13.0. The van der Waals surface area contributed by atoms with E-state index in [1.54, 1.807) is 31.2 Å². The molecule has 0 bridgehead atoms. The molecule has 1 aromatic carbocycles. The first-order valence-corrected chi connectivity index (χ1v) is 8.46. The van der Waals surface area contributed by atoms with E-state index in [0.717, 1.165) is 5.56 Å². The van der Waals surface area contributed by atoms with Crippen molar-refractivity contribution in [3.05, 3.63) is 35.9 Å². The Kier molecular flexibility index (Phi) is 4.85. The van der Waals surface area contributed by atoms with E-state index in [0.29, 0.717) is 6.29 Å². The number of benzene rings is 1. The Morgan fingerprint density at radius 3 is 2.32 bits per heavy atom. The summed E-state index contributed by atoms with van der Waals surface area (Å²) in [5.74, 6) is -2.12. The van der Waals surface area contributed by atoms with Crippen LogP contribution in [0.1, 0.15) is 18.4 Å². The number of carbonyl (C=O) groups excluding carboxylic acids is 2. The van der Waals surface area contributed by atoms with Gasteiger partial charge < -0.3 is 18.6 Å². The zero-order valence-corrected chi connectivity index (χ0v) is 13.6. The van der Waals surface area contributed by atoms with Gasteiger partial charge in [0.2, 0.25) is 0 Å².